The molecule has 20 heavy (non-hydrogen) atoms. The van der Waals surface area contributed by atoms with Crippen molar-refractivity contribution in [1.29, 1.82) is 0 Å². The van der Waals surface area contributed by atoms with E-state index in [1.807, 2.05) is 6.07 Å². The van der Waals surface area contributed by atoms with Gasteiger partial charge in [0.15, 0.2) is 0 Å². The molecule has 0 heterocycles. The van der Waals surface area contributed by atoms with Crippen molar-refractivity contribution >= 4 is 17.3 Å². The van der Waals surface area contributed by atoms with E-state index in [-0.39, 0.29) is 6.04 Å². The first-order valence-corrected chi connectivity index (χ1v) is 7.71. The second-order valence-electron chi connectivity index (χ2n) is 5.72. The monoisotopic (exact) mass is 297 g/mol. The van der Waals surface area contributed by atoms with Gasteiger partial charge in [-0.25, -0.2) is 0 Å². The number of hydrogen-bond acceptors (Lipinski definition) is 3. The molecule has 0 saturated heterocycles. The zero-order valence-corrected chi connectivity index (χ0v) is 14.0. The van der Waals surface area contributed by atoms with Crippen LogP contribution in [-0.2, 0) is 6.42 Å². The van der Waals surface area contributed by atoms with Crippen LogP contribution in [0.25, 0.3) is 0 Å². The van der Waals surface area contributed by atoms with Gasteiger partial charge in [-0.3, -0.25) is 0 Å². The van der Waals surface area contributed by atoms with Crippen LogP contribution < -0.4 is 10.6 Å². The van der Waals surface area contributed by atoms with Gasteiger partial charge in [-0.05, 0) is 57.6 Å². The molecule has 0 saturated carbocycles. The molecule has 0 fully saturated rings. The zero-order chi connectivity index (χ0) is 15.1. The van der Waals surface area contributed by atoms with E-state index in [1.54, 1.807) is 0 Å². The highest BCUT2D eigenvalue weighted by molar-refractivity contribution is 6.30. The van der Waals surface area contributed by atoms with Gasteiger partial charge in [-0.1, -0.05) is 24.6 Å². The van der Waals surface area contributed by atoms with Crippen LogP contribution >= 0.6 is 11.6 Å². The van der Waals surface area contributed by atoms with Crippen molar-refractivity contribution in [3.05, 3.63) is 28.8 Å². The second kappa shape index (κ2) is 8.50. The SMILES string of the molecule is CCC(N)Cc1ccc(Cl)cc1N(C)CCCN(C)C. The van der Waals surface area contributed by atoms with Crippen LogP contribution in [0, 0.1) is 0 Å². The molecule has 2 N–H and O–H groups in total. The molecule has 0 spiro atoms. The average molecular weight is 298 g/mol. The molecule has 0 radical (unpaired) electrons. The molecule has 0 aromatic heterocycles. The molecule has 1 rings (SSSR count). The molecular formula is C16H28ClN3. The van der Waals surface area contributed by atoms with Crippen LogP contribution in [0.1, 0.15) is 25.3 Å². The predicted molar refractivity (Wildman–Crippen MR) is 89.9 cm³/mol. The van der Waals surface area contributed by atoms with E-state index >= 15 is 0 Å². The Hall–Kier alpha value is -0.770. The molecule has 0 aliphatic heterocycles. The van der Waals surface area contributed by atoms with Crippen LogP contribution in [0.4, 0.5) is 5.69 Å². The standard InChI is InChI=1S/C16H28ClN3/c1-5-15(18)11-13-7-8-14(17)12-16(13)20(4)10-6-9-19(2)3/h7-8,12,15H,5-6,9-11,18H2,1-4H3. The van der Waals surface area contributed by atoms with Crippen molar-refractivity contribution < 1.29 is 0 Å². The minimum Gasteiger partial charge on any atom is -0.374 e. The fourth-order valence-electron chi connectivity index (χ4n) is 2.24. The van der Waals surface area contributed by atoms with Crippen LogP contribution in [0.15, 0.2) is 18.2 Å². The Morgan fingerprint density at radius 2 is 1.90 bits per heavy atom. The lowest BCUT2D eigenvalue weighted by molar-refractivity contribution is 0.401. The summed E-state index contributed by atoms with van der Waals surface area (Å²) < 4.78 is 0. The van der Waals surface area contributed by atoms with Crippen LogP contribution in [0.2, 0.25) is 5.02 Å². The first-order chi connectivity index (χ1) is 9.43. The molecule has 0 aliphatic carbocycles. The maximum atomic E-state index is 6.15. The van der Waals surface area contributed by atoms with Gasteiger partial charge in [0.2, 0.25) is 0 Å². The summed E-state index contributed by atoms with van der Waals surface area (Å²) in [5.74, 6) is 0. The summed E-state index contributed by atoms with van der Waals surface area (Å²) in [6.07, 6.45) is 3.03. The normalized spacial score (nSPS) is 12.8. The van der Waals surface area contributed by atoms with Crippen molar-refractivity contribution in [1.82, 2.24) is 4.90 Å². The summed E-state index contributed by atoms with van der Waals surface area (Å²) in [5.41, 5.74) is 8.59. The number of nitrogens with two attached hydrogens (primary N) is 1. The van der Waals surface area contributed by atoms with Crippen molar-refractivity contribution in [2.24, 2.45) is 5.73 Å². The Morgan fingerprint density at radius 3 is 2.50 bits per heavy atom. The second-order valence-corrected chi connectivity index (χ2v) is 6.16. The van der Waals surface area contributed by atoms with Crippen molar-refractivity contribution in [2.45, 2.75) is 32.2 Å². The minimum absolute atomic E-state index is 0.213. The van der Waals surface area contributed by atoms with E-state index in [1.165, 1.54) is 11.3 Å². The molecule has 0 bridgehead atoms. The van der Waals surface area contributed by atoms with Crippen LogP contribution in [0.3, 0.4) is 0 Å². The summed E-state index contributed by atoms with van der Waals surface area (Å²) in [5, 5.41) is 0.785. The Morgan fingerprint density at radius 1 is 1.20 bits per heavy atom. The molecule has 1 atom stereocenters. The maximum absolute atomic E-state index is 6.15. The smallest absolute Gasteiger partial charge is 0.0426 e. The molecule has 3 nitrogen and oxygen atoms in total. The number of hydrogen-bond donors (Lipinski definition) is 1. The van der Waals surface area contributed by atoms with E-state index in [4.69, 9.17) is 17.3 Å². The van der Waals surface area contributed by atoms with Crippen molar-refractivity contribution in [3.63, 3.8) is 0 Å². The highest BCUT2D eigenvalue weighted by Crippen LogP contribution is 2.25. The zero-order valence-electron chi connectivity index (χ0n) is 13.2. The van der Waals surface area contributed by atoms with Gasteiger partial charge in [0.1, 0.15) is 0 Å². The van der Waals surface area contributed by atoms with E-state index in [9.17, 15) is 0 Å². The summed E-state index contributed by atoms with van der Waals surface area (Å²) in [6.45, 7) is 4.24. The fourth-order valence-corrected chi connectivity index (χ4v) is 2.40. The molecule has 4 heteroatoms. The fraction of sp³-hybridized carbons (Fsp3) is 0.625. The van der Waals surface area contributed by atoms with Crippen molar-refractivity contribution in [3.8, 4) is 0 Å². The number of rotatable bonds is 8. The van der Waals surface area contributed by atoms with E-state index in [0.717, 1.165) is 37.4 Å². The maximum Gasteiger partial charge on any atom is 0.0426 e. The Kier molecular flexibility index (Phi) is 7.35. The summed E-state index contributed by atoms with van der Waals surface area (Å²) in [7, 11) is 6.33. The van der Waals surface area contributed by atoms with Gasteiger partial charge in [-0.15, -0.1) is 0 Å². The van der Waals surface area contributed by atoms with Gasteiger partial charge >= 0.3 is 0 Å². The highest BCUT2D eigenvalue weighted by atomic mass is 35.5. The van der Waals surface area contributed by atoms with Crippen molar-refractivity contribution in [2.75, 3.05) is 39.1 Å². The van der Waals surface area contributed by atoms with Gasteiger partial charge in [0.05, 0.1) is 0 Å². The van der Waals surface area contributed by atoms with Crippen LogP contribution in [0.5, 0.6) is 0 Å². The summed E-state index contributed by atoms with van der Waals surface area (Å²) >= 11 is 6.15. The molecule has 1 unspecified atom stereocenters. The Bertz CT molecular complexity index is 407. The molecule has 114 valence electrons. The first kappa shape index (κ1) is 17.3. The summed E-state index contributed by atoms with van der Waals surface area (Å²) in [6, 6.07) is 6.33. The molecule has 1 aromatic carbocycles. The van der Waals surface area contributed by atoms with E-state index < -0.39 is 0 Å². The number of nitrogens with zero attached hydrogens (tertiary/aromatic N) is 2. The highest BCUT2D eigenvalue weighted by Gasteiger charge is 2.11. The van der Waals surface area contributed by atoms with Gasteiger partial charge in [0.25, 0.3) is 0 Å². The third-order valence-electron chi connectivity index (χ3n) is 3.56. The third kappa shape index (κ3) is 5.70. The lowest BCUT2D eigenvalue weighted by Crippen LogP contribution is -2.26. The van der Waals surface area contributed by atoms with Gasteiger partial charge < -0.3 is 15.5 Å². The molecule has 0 aliphatic rings. The van der Waals surface area contributed by atoms with Gasteiger partial charge in [-0.2, -0.15) is 0 Å². The van der Waals surface area contributed by atoms with Crippen LogP contribution in [-0.4, -0.2) is 45.2 Å². The Labute approximate surface area is 128 Å². The minimum atomic E-state index is 0.213. The molecule has 1 aromatic rings. The lowest BCUT2D eigenvalue weighted by atomic mass is 10.0. The Balaban J connectivity index is 2.77. The quantitative estimate of drug-likeness (QED) is 0.800. The van der Waals surface area contributed by atoms with E-state index in [0.29, 0.717) is 0 Å². The van der Waals surface area contributed by atoms with Gasteiger partial charge in [0, 0.05) is 30.3 Å². The molecular weight excluding hydrogens is 270 g/mol. The molecule has 0 amide bonds. The topological polar surface area (TPSA) is 32.5 Å². The predicted octanol–water partition coefficient (Wildman–Crippen LogP) is 3.01. The van der Waals surface area contributed by atoms with E-state index in [2.05, 4.69) is 50.0 Å². The number of halogens is 1. The average Bonchev–Trinajstić information content (AvgIpc) is 2.40. The lowest BCUT2D eigenvalue weighted by Gasteiger charge is -2.24. The third-order valence-corrected chi connectivity index (χ3v) is 3.80. The number of anilines is 1. The largest absolute Gasteiger partial charge is 0.374 e. The first-order valence-electron chi connectivity index (χ1n) is 7.34. The summed E-state index contributed by atoms with van der Waals surface area (Å²) in [4.78, 5) is 4.49. The number of benzene rings is 1.